The van der Waals surface area contributed by atoms with Crippen LogP contribution in [0.4, 0.5) is 0 Å². The van der Waals surface area contributed by atoms with Gasteiger partial charge in [-0.1, -0.05) is 11.6 Å². The maximum Gasteiger partial charge on any atom is 0.199 e. The first-order valence-electron chi connectivity index (χ1n) is 8.82. The fraction of sp³-hybridized carbons (Fsp3) is 0.368. The van der Waals surface area contributed by atoms with E-state index in [0.717, 1.165) is 40.7 Å². The molecule has 1 aliphatic heterocycles. The number of fused-ring (bicyclic) bond motifs is 1. The number of rotatable bonds is 4. The number of hydrogen-bond donors (Lipinski definition) is 0. The van der Waals surface area contributed by atoms with Crippen molar-refractivity contribution in [3.05, 3.63) is 55.9 Å². The molecule has 136 valence electrons. The van der Waals surface area contributed by atoms with Gasteiger partial charge in [-0.3, -0.25) is 4.90 Å². The summed E-state index contributed by atoms with van der Waals surface area (Å²) in [7, 11) is 0. The quantitative estimate of drug-likeness (QED) is 0.545. The molecular formula is C19H21ClN4S2. The van der Waals surface area contributed by atoms with Crippen LogP contribution < -0.4 is 0 Å². The predicted molar refractivity (Wildman–Crippen MR) is 110 cm³/mol. The van der Waals surface area contributed by atoms with Crippen molar-refractivity contribution in [3.8, 4) is 11.4 Å². The standard InChI is InChI=1S/C19H21ClN4S2/c1-3-23-18(14-4-6-15(20)7-5-14)21-24(19(23)25)12-22-10-8-17-16(13(22)2)9-11-26-17/h4-7,9,11,13H,3,8,10,12H2,1-2H3/t13-/m0/s1. The highest BCUT2D eigenvalue weighted by Gasteiger charge is 2.25. The molecule has 3 heterocycles. The van der Waals surface area contributed by atoms with Crippen molar-refractivity contribution >= 4 is 35.2 Å². The molecule has 0 aliphatic carbocycles. The van der Waals surface area contributed by atoms with Crippen molar-refractivity contribution in [2.24, 2.45) is 0 Å². The summed E-state index contributed by atoms with van der Waals surface area (Å²) in [5.41, 5.74) is 2.48. The minimum atomic E-state index is 0.387. The van der Waals surface area contributed by atoms with E-state index in [1.807, 2.05) is 40.3 Å². The molecule has 2 aromatic heterocycles. The van der Waals surface area contributed by atoms with Crippen LogP contribution in [-0.4, -0.2) is 25.8 Å². The second-order valence-electron chi connectivity index (χ2n) is 6.54. The number of halogens is 1. The van der Waals surface area contributed by atoms with Crippen molar-refractivity contribution in [3.63, 3.8) is 0 Å². The third kappa shape index (κ3) is 3.16. The van der Waals surface area contributed by atoms with E-state index in [1.165, 1.54) is 10.4 Å². The summed E-state index contributed by atoms with van der Waals surface area (Å²) < 4.78 is 4.81. The first-order valence-corrected chi connectivity index (χ1v) is 10.5. The van der Waals surface area contributed by atoms with Crippen LogP contribution in [0.1, 0.15) is 30.3 Å². The summed E-state index contributed by atoms with van der Waals surface area (Å²) >= 11 is 13.6. The normalized spacial score (nSPS) is 17.4. The molecule has 0 N–H and O–H groups in total. The average molecular weight is 405 g/mol. The molecule has 4 nitrogen and oxygen atoms in total. The number of benzene rings is 1. The second kappa shape index (κ2) is 7.27. The summed E-state index contributed by atoms with van der Waals surface area (Å²) in [6.45, 7) is 6.91. The van der Waals surface area contributed by atoms with Gasteiger partial charge >= 0.3 is 0 Å². The second-order valence-corrected chi connectivity index (χ2v) is 8.34. The van der Waals surface area contributed by atoms with Gasteiger partial charge in [-0.05, 0) is 73.8 Å². The molecule has 3 aromatic rings. The van der Waals surface area contributed by atoms with E-state index in [1.54, 1.807) is 0 Å². The van der Waals surface area contributed by atoms with Crippen LogP contribution in [0.3, 0.4) is 0 Å². The number of thiophene rings is 1. The lowest BCUT2D eigenvalue weighted by Gasteiger charge is -2.33. The highest BCUT2D eigenvalue weighted by Crippen LogP contribution is 2.33. The highest BCUT2D eigenvalue weighted by atomic mass is 35.5. The Morgan fingerprint density at radius 3 is 2.77 bits per heavy atom. The van der Waals surface area contributed by atoms with E-state index in [9.17, 15) is 0 Å². The van der Waals surface area contributed by atoms with Crippen LogP contribution in [-0.2, 0) is 19.6 Å². The minimum Gasteiger partial charge on any atom is -0.300 e. The molecule has 0 radical (unpaired) electrons. The largest absolute Gasteiger partial charge is 0.300 e. The molecule has 0 fully saturated rings. The van der Waals surface area contributed by atoms with Gasteiger partial charge in [-0.15, -0.1) is 11.3 Å². The zero-order valence-electron chi connectivity index (χ0n) is 14.9. The summed E-state index contributed by atoms with van der Waals surface area (Å²) in [6, 6.07) is 10.4. The maximum atomic E-state index is 6.03. The maximum absolute atomic E-state index is 6.03. The summed E-state index contributed by atoms with van der Waals surface area (Å²) in [4.78, 5) is 3.96. The zero-order valence-corrected chi connectivity index (χ0v) is 17.2. The van der Waals surface area contributed by atoms with Crippen LogP contribution in [0.5, 0.6) is 0 Å². The first kappa shape index (κ1) is 17.9. The van der Waals surface area contributed by atoms with Gasteiger partial charge in [-0.2, -0.15) is 5.10 Å². The monoisotopic (exact) mass is 404 g/mol. The topological polar surface area (TPSA) is 26.0 Å². The first-order chi connectivity index (χ1) is 12.6. The third-order valence-electron chi connectivity index (χ3n) is 5.06. The zero-order chi connectivity index (χ0) is 18.3. The lowest BCUT2D eigenvalue weighted by Crippen LogP contribution is -2.35. The predicted octanol–water partition coefficient (Wildman–Crippen LogP) is 5.39. The van der Waals surface area contributed by atoms with Crippen molar-refractivity contribution in [1.82, 2.24) is 19.2 Å². The Hall–Kier alpha value is -1.47. The number of aromatic nitrogens is 3. The van der Waals surface area contributed by atoms with Gasteiger partial charge in [-0.25, -0.2) is 4.68 Å². The van der Waals surface area contributed by atoms with Crippen LogP contribution in [0.15, 0.2) is 35.7 Å². The average Bonchev–Trinajstić information content (AvgIpc) is 3.23. The van der Waals surface area contributed by atoms with Crippen molar-refractivity contribution < 1.29 is 0 Å². The van der Waals surface area contributed by atoms with E-state index in [2.05, 4.69) is 34.8 Å². The van der Waals surface area contributed by atoms with Crippen LogP contribution in [0, 0.1) is 4.77 Å². The van der Waals surface area contributed by atoms with Gasteiger partial charge in [0.1, 0.15) is 0 Å². The van der Waals surface area contributed by atoms with E-state index < -0.39 is 0 Å². The highest BCUT2D eigenvalue weighted by molar-refractivity contribution is 7.71. The van der Waals surface area contributed by atoms with E-state index in [0.29, 0.717) is 12.7 Å². The molecule has 26 heavy (non-hydrogen) atoms. The number of hydrogen-bond acceptors (Lipinski definition) is 4. The van der Waals surface area contributed by atoms with Crippen molar-refractivity contribution in [2.45, 2.75) is 39.5 Å². The SMILES string of the molecule is CCn1c(-c2ccc(Cl)cc2)nn(CN2CCc3sccc3[C@@H]2C)c1=S. The molecule has 0 amide bonds. The summed E-state index contributed by atoms with van der Waals surface area (Å²) in [6.07, 6.45) is 1.10. The van der Waals surface area contributed by atoms with Gasteiger partial charge in [0, 0.05) is 34.6 Å². The van der Waals surface area contributed by atoms with E-state index in [-0.39, 0.29) is 0 Å². The summed E-state index contributed by atoms with van der Waals surface area (Å²) in [5, 5.41) is 7.77. The molecule has 1 aromatic carbocycles. The Kier molecular flexibility index (Phi) is 5.01. The van der Waals surface area contributed by atoms with Gasteiger partial charge in [0.15, 0.2) is 10.6 Å². The molecule has 0 spiro atoms. The van der Waals surface area contributed by atoms with Crippen molar-refractivity contribution in [1.29, 1.82) is 0 Å². The fourth-order valence-corrected chi connectivity index (χ4v) is 4.96. The Labute approximate surface area is 167 Å². The van der Waals surface area contributed by atoms with Crippen LogP contribution in [0.25, 0.3) is 11.4 Å². The Bertz CT molecular complexity index is 970. The Morgan fingerprint density at radius 1 is 1.27 bits per heavy atom. The summed E-state index contributed by atoms with van der Waals surface area (Å²) in [5.74, 6) is 0.898. The van der Waals surface area contributed by atoms with E-state index in [4.69, 9.17) is 28.9 Å². The van der Waals surface area contributed by atoms with Crippen LogP contribution in [0.2, 0.25) is 5.02 Å². The molecule has 4 rings (SSSR count). The fourth-order valence-electron chi connectivity index (χ4n) is 3.56. The van der Waals surface area contributed by atoms with Crippen molar-refractivity contribution in [2.75, 3.05) is 6.54 Å². The van der Waals surface area contributed by atoms with Gasteiger partial charge < -0.3 is 4.57 Å². The van der Waals surface area contributed by atoms with Gasteiger partial charge in [0.05, 0.1) is 6.67 Å². The molecule has 0 unspecified atom stereocenters. The lowest BCUT2D eigenvalue weighted by atomic mass is 10.0. The molecule has 7 heteroatoms. The minimum absolute atomic E-state index is 0.387. The molecule has 0 saturated heterocycles. The molecule has 0 bridgehead atoms. The molecule has 1 atom stereocenters. The smallest absolute Gasteiger partial charge is 0.199 e. The van der Waals surface area contributed by atoms with Gasteiger partial charge in [0.25, 0.3) is 0 Å². The number of nitrogens with zero attached hydrogens (tertiary/aromatic N) is 4. The van der Waals surface area contributed by atoms with E-state index >= 15 is 0 Å². The Balaban J connectivity index is 1.66. The molecule has 0 saturated carbocycles. The third-order valence-corrected chi connectivity index (χ3v) is 6.74. The molecule has 1 aliphatic rings. The van der Waals surface area contributed by atoms with Gasteiger partial charge in [0.2, 0.25) is 0 Å². The lowest BCUT2D eigenvalue weighted by molar-refractivity contribution is 0.144. The molecular weight excluding hydrogens is 384 g/mol. The Morgan fingerprint density at radius 2 is 2.04 bits per heavy atom. The van der Waals surface area contributed by atoms with Crippen LogP contribution >= 0.6 is 35.2 Å².